The predicted molar refractivity (Wildman–Crippen MR) is 315 cm³/mol. The number of hydrogen-bond donors (Lipinski definition) is 4. The highest BCUT2D eigenvalue weighted by atomic mass is 16.6. The van der Waals surface area contributed by atoms with Crippen LogP contribution in [0.1, 0.15) is 255 Å². The number of nitrogens with zero attached hydrogens (tertiary/aromatic N) is 2. The van der Waals surface area contributed by atoms with Crippen LogP contribution in [0, 0.1) is 28.1 Å². The lowest BCUT2D eigenvalue weighted by molar-refractivity contribution is -0.225. The average Bonchev–Trinajstić information content (AvgIpc) is 3.35. The number of benzene rings is 2. The van der Waals surface area contributed by atoms with Crippen molar-refractivity contribution in [1.82, 2.24) is 9.80 Å². The van der Waals surface area contributed by atoms with E-state index >= 15 is 4.79 Å². The SMILES string of the molecule is CCCCCCCCCCCCCC(CC1CC(C)(C)N(C(=O)Oc2ccccc2)C(C)(C)C1)(C1CC(C)(C)N(C(=O)Oc2ccccc2)C(C)(C)C1)C(CCCCCCCCCCCCC)(C(=O)O)C(C(=O)O)(C(=O)O)C(=O)O. The maximum Gasteiger partial charge on any atom is 0.416 e. The third-order valence-corrected chi connectivity index (χ3v) is 18.4. The molecule has 2 saturated heterocycles. The van der Waals surface area contributed by atoms with E-state index in [9.17, 15) is 44.4 Å². The van der Waals surface area contributed by atoms with Crippen LogP contribution in [0.3, 0.4) is 0 Å². The maximum atomic E-state index is 15.5. The molecular weight excluding hydrogens is 1010 g/mol. The van der Waals surface area contributed by atoms with Gasteiger partial charge >= 0.3 is 36.1 Å². The molecule has 2 unspecified atom stereocenters. The van der Waals surface area contributed by atoms with Crippen LogP contribution < -0.4 is 9.47 Å². The van der Waals surface area contributed by atoms with E-state index in [1.165, 1.54) is 38.5 Å². The average molecular weight is 1120 g/mol. The third-order valence-electron chi connectivity index (χ3n) is 18.4. The van der Waals surface area contributed by atoms with Crippen molar-refractivity contribution < 1.29 is 58.7 Å². The highest BCUT2D eigenvalue weighted by Crippen LogP contribution is 2.68. The van der Waals surface area contributed by atoms with Crippen molar-refractivity contribution >= 4 is 36.1 Å². The summed E-state index contributed by atoms with van der Waals surface area (Å²) in [6, 6.07) is 17.5. The number of amides is 2. The van der Waals surface area contributed by atoms with Crippen LogP contribution in [-0.4, -0.2) is 88.4 Å². The molecule has 14 heteroatoms. The minimum Gasteiger partial charge on any atom is -0.481 e. The Morgan fingerprint density at radius 1 is 0.438 bits per heavy atom. The maximum absolute atomic E-state index is 15.5. The lowest BCUT2D eigenvalue weighted by atomic mass is 9.40. The van der Waals surface area contributed by atoms with Gasteiger partial charge in [0.1, 0.15) is 16.9 Å². The fourth-order valence-electron chi connectivity index (χ4n) is 15.6. The first-order valence-corrected chi connectivity index (χ1v) is 30.8. The highest BCUT2D eigenvalue weighted by molar-refractivity contribution is 6.20. The van der Waals surface area contributed by atoms with Crippen LogP contribution in [0.5, 0.6) is 11.5 Å². The molecule has 0 spiro atoms. The van der Waals surface area contributed by atoms with Gasteiger partial charge in [0.2, 0.25) is 0 Å². The number of likely N-dealkylation sites (tertiary alicyclic amines) is 2. The summed E-state index contributed by atoms with van der Waals surface area (Å²) < 4.78 is 12.0. The highest BCUT2D eigenvalue weighted by Gasteiger charge is 2.80. The number of unbranched alkanes of at least 4 members (excludes halogenated alkanes) is 20. The van der Waals surface area contributed by atoms with Crippen LogP contribution in [0.4, 0.5) is 9.59 Å². The predicted octanol–water partition coefficient (Wildman–Crippen LogP) is 17.0. The molecule has 4 rings (SSSR count). The van der Waals surface area contributed by atoms with Crippen molar-refractivity contribution in [3.8, 4) is 11.5 Å². The quantitative estimate of drug-likeness (QED) is 0.0375. The summed E-state index contributed by atoms with van der Waals surface area (Å²) in [5.41, 5.74) is -12.8. The molecule has 14 nitrogen and oxygen atoms in total. The van der Waals surface area contributed by atoms with Gasteiger partial charge in [0.05, 0.1) is 0 Å². The summed E-state index contributed by atoms with van der Waals surface area (Å²) in [5, 5.41) is 47.5. The number of para-hydroxylation sites is 2. The van der Waals surface area contributed by atoms with Gasteiger partial charge in [0.15, 0.2) is 0 Å². The second-order valence-corrected chi connectivity index (χ2v) is 26.5. The Bertz CT molecular complexity index is 2210. The molecule has 2 aromatic carbocycles. The number of ether oxygens (including phenoxy) is 2. The minimum absolute atomic E-state index is 0.0202. The first kappa shape index (κ1) is 67.4. The molecule has 0 saturated carbocycles. The summed E-state index contributed by atoms with van der Waals surface area (Å²) in [7, 11) is 0. The molecule has 2 atom stereocenters. The number of carbonyl (C=O) groups excluding carboxylic acids is 2. The molecular formula is C66H104N2O12. The van der Waals surface area contributed by atoms with E-state index in [-0.39, 0.29) is 44.9 Å². The van der Waals surface area contributed by atoms with E-state index in [1.807, 2.05) is 67.5 Å². The fourth-order valence-corrected chi connectivity index (χ4v) is 15.6. The lowest BCUT2D eigenvalue weighted by Crippen LogP contribution is -2.72. The normalized spacial score (nSPS) is 18.6. The van der Waals surface area contributed by atoms with Crippen LogP contribution in [0.2, 0.25) is 0 Å². The standard InChI is InChI=1S/C66H104N2O12/c1-11-13-15-17-19-21-23-25-27-29-37-43-64(51-48-62(7,8)68(63(9,10)49-51)59(78)80-53-41-35-32-36-42-53,47-50-45-60(3,4)67(61(5,6)46-50)58(77)79-52-39-33-31-34-40-52)65(54(69)70,66(55(71)72,56(73)74)57(75)76)44-38-30-28-26-24-22-20-18-16-14-12-2/h31-36,39-42,50-51H,11-30,37-38,43-49H2,1-10H3,(H,69,70)(H,71,72)(H,73,74)(H,75,76). The molecule has 0 radical (unpaired) electrons. The van der Waals surface area contributed by atoms with Gasteiger partial charge in [-0.15, -0.1) is 0 Å². The molecule has 2 aliphatic heterocycles. The smallest absolute Gasteiger partial charge is 0.416 e. The molecule has 450 valence electrons. The second kappa shape index (κ2) is 30.2. The topological polar surface area (TPSA) is 208 Å². The first-order chi connectivity index (χ1) is 37.7. The van der Waals surface area contributed by atoms with Crippen LogP contribution in [-0.2, 0) is 19.2 Å². The number of carbonyl (C=O) groups is 6. The molecule has 2 aliphatic rings. The summed E-state index contributed by atoms with van der Waals surface area (Å²) in [6.45, 7) is 19.6. The van der Waals surface area contributed by atoms with Crippen molar-refractivity contribution in [3.05, 3.63) is 60.7 Å². The zero-order chi connectivity index (χ0) is 59.4. The van der Waals surface area contributed by atoms with Gasteiger partial charge in [-0.25, -0.2) is 9.59 Å². The molecule has 2 aromatic rings. The number of hydrogen-bond acceptors (Lipinski definition) is 8. The van der Waals surface area contributed by atoms with Crippen LogP contribution >= 0.6 is 0 Å². The van der Waals surface area contributed by atoms with Crippen molar-refractivity contribution in [1.29, 1.82) is 0 Å². The van der Waals surface area contributed by atoms with E-state index in [0.717, 1.165) is 70.6 Å². The molecule has 2 heterocycles. The van der Waals surface area contributed by atoms with E-state index in [1.54, 1.807) is 58.3 Å². The summed E-state index contributed by atoms with van der Waals surface area (Å²) in [4.78, 5) is 91.1. The Kier molecular flexibility index (Phi) is 25.5. The Morgan fingerprint density at radius 2 is 0.738 bits per heavy atom. The Hall–Kier alpha value is -5.14. The van der Waals surface area contributed by atoms with E-state index in [0.29, 0.717) is 37.2 Å². The number of carboxylic acid groups (broad SMARTS) is 4. The van der Waals surface area contributed by atoms with Gasteiger partial charge in [-0.2, -0.15) is 0 Å². The number of piperidine rings is 2. The van der Waals surface area contributed by atoms with Crippen molar-refractivity contribution in [2.45, 2.75) is 278 Å². The molecule has 0 aromatic heterocycles. The van der Waals surface area contributed by atoms with Crippen molar-refractivity contribution in [2.24, 2.45) is 28.1 Å². The summed E-state index contributed by atoms with van der Waals surface area (Å²) in [6.07, 6.45) is 19.6. The molecule has 2 amide bonds. The molecule has 0 aliphatic carbocycles. The third kappa shape index (κ3) is 16.3. The Balaban J connectivity index is 1.99. The van der Waals surface area contributed by atoms with Crippen LogP contribution in [0.15, 0.2) is 60.7 Å². The van der Waals surface area contributed by atoms with Gasteiger partial charge in [-0.05, 0) is 142 Å². The number of aliphatic carboxylic acids is 4. The largest absolute Gasteiger partial charge is 0.481 e. The van der Waals surface area contributed by atoms with Crippen LogP contribution in [0.25, 0.3) is 0 Å². The van der Waals surface area contributed by atoms with Gasteiger partial charge in [-0.3, -0.25) is 29.0 Å². The second-order valence-electron chi connectivity index (χ2n) is 26.5. The molecule has 4 N–H and O–H groups in total. The first-order valence-electron chi connectivity index (χ1n) is 30.8. The number of rotatable bonds is 35. The number of carboxylic acids is 4. The Morgan fingerprint density at radius 3 is 1.05 bits per heavy atom. The van der Waals surface area contributed by atoms with E-state index < -0.39 is 92.7 Å². The molecule has 80 heavy (non-hydrogen) atoms. The van der Waals surface area contributed by atoms with E-state index in [2.05, 4.69) is 13.8 Å². The van der Waals surface area contributed by atoms with Gasteiger partial charge < -0.3 is 29.9 Å². The van der Waals surface area contributed by atoms with E-state index in [4.69, 9.17) is 9.47 Å². The Labute approximate surface area is 480 Å². The zero-order valence-electron chi connectivity index (χ0n) is 50.9. The van der Waals surface area contributed by atoms with Gasteiger partial charge in [0.25, 0.3) is 5.41 Å². The molecule has 0 bridgehead atoms. The van der Waals surface area contributed by atoms with Crippen molar-refractivity contribution in [3.63, 3.8) is 0 Å². The lowest BCUT2D eigenvalue weighted by Gasteiger charge is -2.64. The molecule has 2 fully saturated rings. The van der Waals surface area contributed by atoms with Gasteiger partial charge in [0, 0.05) is 22.2 Å². The van der Waals surface area contributed by atoms with Crippen molar-refractivity contribution in [2.75, 3.05) is 0 Å². The summed E-state index contributed by atoms with van der Waals surface area (Å²) in [5.74, 6) is -9.08. The minimum atomic E-state index is -3.85. The fraction of sp³-hybridized carbons (Fsp3) is 0.727. The van der Waals surface area contributed by atoms with Gasteiger partial charge in [-0.1, -0.05) is 192 Å². The summed E-state index contributed by atoms with van der Waals surface area (Å²) >= 11 is 0. The zero-order valence-corrected chi connectivity index (χ0v) is 50.9. The monoisotopic (exact) mass is 1120 g/mol.